The lowest BCUT2D eigenvalue weighted by Crippen LogP contribution is -2.10. The molecule has 4 N–H and O–H groups in total. The zero-order chi connectivity index (χ0) is 13.8. The molecule has 1 amide bonds. The number of aryl methyl sites for hydroxylation is 1. The molecule has 98 valence electrons. The van der Waals surface area contributed by atoms with Crippen molar-refractivity contribution >= 4 is 23.4 Å². The van der Waals surface area contributed by atoms with E-state index in [-0.39, 0.29) is 0 Å². The lowest BCUT2D eigenvalue weighted by atomic mass is 10.1. The van der Waals surface area contributed by atoms with Gasteiger partial charge in [-0.15, -0.1) is 11.8 Å². The highest BCUT2D eigenvalue weighted by molar-refractivity contribution is 7.98. The average Bonchev–Trinajstić information content (AvgIpc) is 2.40. The predicted molar refractivity (Wildman–Crippen MR) is 80.1 cm³/mol. The molecule has 0 aliphatic carbocycles. The quantitative estimate of drug-likeness (QED) is 0.664. The fraction of sp³-hybridized carbons (Fsp3) is 0.133. The van der Waals surface area contributed by atoms with E-state index in [1.54, 1.807) is 23.9 Å². The number of amides is 1. The van der Waals surface area contributed by atoms with Gasteiger partial charge in [-0.3, -0.25) is 4.79 Å². The first-order valence-electron chi connectivity index (χ1n) is 5.94. The van der Waals surface area contributed by atoms with Crippen molar-refractivity contribution in [2.24, 2.45) is 5.73 Å². The Kier molecular flexibility index (Phi) is 4.12. The summed E-state index contributed by atoms with van der Waals surface area (Å²) in [5, 5.41) is 0. The predicted octanol–water partition coefficient (Wildman–Crippen LogP) is 2.97. The zero-order valence-electron chi connectivity index (χ0n) is 10.7. The Balaban J connectivity index is 2.06. The van der Waals surface area contributed by atoms with Crippen LogP contribution in [0.25, 0.3) is 0 Å². The SMILES string of the molecule is Cc1ccc(N)c(SCc2ccc(C(N)=O)cc2)c1. The summed E-state index contributed by atoms with van der Waals surface area (Å²) in [6.45, 7) is 2.05. The highest BCUT2D eigenvalue weighted by Gasteiger charge is 2.03. The molecule has 0 saturated heterocycles. The highest BCUT2D eigenvalue weighted by atomic mass is 32.2. The third kappa shape index (κ3) is 3.51. The number of rotatable bonds is 4. The third-order valence-electron chi connectivity index (χ3n) is 2.80. The molecule has 0 aliphatic heterocycles. The van der Waals surface area contributed by atoms with Gasteiger partial charge in [-0.2, -0.15) is 0 Å². The summed E-state index contributed by atoms with van der Waals surface area (Å²) in [7, 11) is 0. The topological polar surface area (TPSA) is 69.1 Å². The van der Waals surface area contributed by atoms with E-state index in [1.807, 2.05) is 31.2 Å². The Hall–Kier alpha value is -1.94. The molecule has 2 aromatic carbocycles. The van der Waals surface area contributed by atoms with E-state index in [9.17, 15) is 4.79 Å². The number of hydrogen-bond acceptors (Lipinski definition) is 3. The summed E-state index contributed by atoms with van der Waals surface area (Å²) >= 11 is 1.69. The Morgan fingerprint density at radius 1 is 1.16 bits per heavy atom. The molecule has 0 spiro atoms. The van der Waals surface area contributed by atoms with Gasteiger partial charge >= 0.3 is 0 Å². The van der Waals surface area contributed by atoms with Crippen LogP contribution in [0.2, 0.25) is 0 Å². The van der Waals surface area contributed by atoms with Gasteiger partial charge in [0.25, 0.3) is 0 Å². The Morgan fingerprint density at radius 2 is 1.84 bits per heavy atom. The van der Waals surface area contributed by atoms with Crippen LogP contribution in [-0.4, -0.2) is 5.91 Å². The number of thioether (sulfide) groups is 1. The molecule has 0 bridgehead atoms. The number of carbonyl (C=O) groups is 1. The summed E-state index contributed by atoms with van der Waals surface area (Å²) < 4.78 is 0. The Labute approximate surface area is 117 Å². The van der Waals surface area contributed by atoms with Gasteiger partial charge in [0, 0.05) is 21.9 Å². The lowest BCUT2D eigenvalue weighted by molar-refractivity contribution is 0.100. The Bertz CT molecular complexity index is 594. The molecule has 0 radical (unpaired) electrons. The molecule has 4 heteroatoms. The lowest BCUT2D eigenvalue weighted by Gasteiger charge is -2.07. The van der Waals surface area contributed by atoms with Gasteiger partial charge in [0.2, 0.25) is 5.91 Å². The van der Waals surface area contributed by atoms with Crippen molar-refractivity contribution in [1.82, 2.24) is 0 Å². The number of primary amides is 1. The van der Waals surface area contributed by atoms with Crippen molar-refractivity contribution in [3.05, 3.63) is 59.2 Å². The molecule has 0 unspecified atom stereocenters. The molecule has 19 heavy (non-hydrogen) atoms. The number of hydrogen-bond donors (Lipinski definition) is 2. The van der Waals surface area contributed by atoms with E-state index < -0.39 is 5.91 Å². The van der Waals surface area contributed by atoms with E-state index in [2.05, 4.69) is 6.07 Å². The van der Waals surface area contributed by atoms with Gasteiger partial charge < -0.3 is 11.5 Å². The molecule has 0 heterocycles. The first-order chi connectivity index (χ1) is 9.06. The molecule has 0 fully saturated rings. The fourth-order valence-electron chi connectivity index (χ4n) is 1.69. The minimum atomic E-state index is -0.401. The Morgan fingerprint density at radius 3 is 2.47 bits per heavy atom. The van der Waals surface area contributed by atoms with Gasteiger partial charge in [0.1, 0.15) is 0 Å². The van der Waals surface area contributed by atoms with Crippen LogP contribution in [0.15, 0.2) is 47.4 Å². The number of anilines is 1. The van der Waals surface area contributed by atoms with E-state index >= 15 is 0 Å². The molecule has 0 aromatic heterocycles. The van der Waals surface area contributed by atoms with Gasteiger partial charge in [-0.1, -0.05) is 18.2 Å². The van der Waals surface area contributed by atoms with Gasteiger partial charge in [-0.05, 0) is 42.3 Å². The molecule has 2 rings (SSSR count). The number of carbonyl (C=O) groups excluding carboxylic acids is 1. The van der Waals surface area contributed by atoms with Crippen LogP contribution in [0.1, 0.15) is 21.5 Å². The molecular weight excluding hydrogens is 256 g/mol. The van der Waals surface area contributed by atoms with Crippen molar-refractivity contribution in [3.63, 3.8) is 0 Å². The summed E-state index contributed by atoms with van der Waals surface area (Å²) in [4.78, 5) is 12.1. The van der Waals surface area contributed by atoms with E-state index in [0.29, 0.717) is 5.56 Å². The minimum absolute atomic E-state index is 0.401. The van der Waals surface area contributed by atoms with Crippen molar-refractivity contribution in [2.45, 2.75) is 17.6 Å². The smallest absolute Gasteiger partial charge is 0.248 e. The van der Waals surface area contributed by atoms with Gasteiger partial charge in [0.15, 0.2) is 0 Å². The van der Waals surface area contributed by atoms with E-state index in [0.717, 1.165) is 21.9 Å². The van der Waals surface area contributed by atoms with E-state index in [1.165, 1.54) is 5.56 Å². The second-order valence-electron chi connectivity index (χ2n) is 4.39. The first kappa shape index (κ1) is 13.5. The molecule has 0 saturated carbocycles. The summed E-state index contributed by atoms with van der Waals surface area (Å²) in [6.07, 6.45) is 0. The maximum Gasteiger partial charge on any atom is 0.248 e. The average molecular weight is 272 g/mol. The second kappa shape index (κ2) is 5.80. The highest BCUT2D eigenvalue weighted by Crippen LogP contribution is 2.28. The van der Waals surface area contributed by atoms with Crippen molar-refractivity contribution < 1.29 is 4.79 Å². The van der Waals surface area contributed by atoms with Crippen molar-refractivity contribution in [1.29, 1.82) is 0 Å². The third-order valence-corrected chi connectivity index (χ3v) is 3.94. The summed E-state index contributed by atoms with van der Waals surface area (Å²) in [5.41, 5.74) is 14.8. The van der Waals surface area contributed by atoms with Crippen LogP contribution in [0.5, 0.6) is 0 Å². The largest absolute Gasteiger partial charge is 0.398 e. The van der Waals surface area contributed by atoms with Crippen LogP contribution >= 0.6 is 11.8 Å². The van der Waals surface area contributed by atoms with Gasteiger partial charge in [-0.25, -0.2) is 0 Å². The molecule has 0 atom stereocenters. The molecule has 3 nitrogen and oxygen atoms in total. The molecule has 2 aromatic rings. The van der Waals surface area contributed by atoms with Crippen LogP contribution in [0.4, 0.5) is 5.69 Å². The summed E-state index contributed by atoms with van der Waals surface area (Å²) in [5.74, 6) is 0.411. The van der Waals surface area contributed by atoms with E-state index in [4.69, 9.17) is 11.5 Å². The van der Waals surface area contributed by atoms with Crippen LogP contribution < -0.4 is 11.5 Å². The normalized spacial score (nSPS) is 10.4. The maximum absolute atomic E-state index is 11.0. The minimum Gasteiger partial charge on any atom is -0.398 e. The number of benzene rings is 2. The summed E-state index contributed by atoms with van der Waals surface area (Å²) in [6, 6.07) is 13.3. The number of nitrogens with two attached hydrogens (primary N) is 2. The first-order valence-corrected chi connectivity index (χ1v) is 6.92. The van der Waals surface area contributed by atoms with Gasteiger partial charge in [0.05, 0.1) is 0 Å². The second-order valence-corrected chi connectivity index (χ2v) is 5.41. The fourth-order valence-corrected chi connectivity index (χ4v) is 2.71. The monoisotopic (exact) mass is 272 g/mol. The van der Waals surface area contributed by atoms with Crippen LogP contribution in [0, 0.1) is 6.92 Å². The molecule has 0 aliphatic rings. The van der Waals surface area contributed by atoms with Crippen molar-refractivity contribution in [3.8, 4) is 0 Å². The maximum atomic E-state index is 11.0. The molecular formula is C15H16N2OS. The number of nitrogen functional groups attached to an aromatic ring is 1. The standard InChI is InChI=1S/C15H16N2OS/c1-10-2-7-13(16)14(8-10)19-9-11-3-5-12(6-4-11)15(17)18/h2-8H,9,16H2,1H3,(H2,17,18). The van der Waals surface area contributed by atoms with Crippen LogP contribution in [-0.2, 0) is 5.75 Å². The zero-order valence-corrected chi connectivity index (χ0v) is 11.5. The van der Waals surface area contributed by atoms with Crippen LogP contribution in [0.3, 0.4) is 0 Å². The van der Waals surface area contributed by atoms with Crippen molar-refractivity contribution in [2.75, 3.05) is 5.73 Å².